The number of fused-ring (bicyclic) bond motifs is 1. The van der Waals surface area contributed by atoms with Gasteiger partial charge in [0.2, 0.25) is 0 Å². The Bertz CT molecular complexity index is 1150. The smallest absolute Gasteiger partial charge is 0.161 e. The fourth-order valence-electron chi connectivity index (χ4n) is 4.86. The second kappa shape index (κ2) is 11.7. The van der Waals surface area contributed by atoms with Crippen molar-refractivity contribution in [1.29, 1.82) is 0 Å². The van der Waals surface area contributed by atoms with Crippen LogP contribution in [0.2, 0.25) is 0 Å². The summed E-state index contributed by atoms with van der Waals surface area (Å²) in [6.07, 6.45) is 6.10. The summed E-state index contributed by atoms with van der Waals surface area (Å²) in [6, 6.07) is 18.5. The van der Waals surface area contributed by atoms with Crippen LogP contribution in [-0.4, -0.2) is 53.7 Å². The second-order valence-electron chi connectivity index (χ2n) is 8.77. The molecule has 2 heterocycles. The fraction of sp³-hybridized carbons (Fsp3) is 0.357. The molecular formula is C28H33N3O4. The van der Waals surface area contributed by atoms with E-state index in [9.17, 15) is 5.11 Å². The van der Waals surface area contributed by atoms with Crippen LogP contribution >= 0.6 is 0 Å². The van der Waals surface area contributed by atoms with Crippen LogP contribution in [0.3, 0.4) is 0 Å². The molecule has 0 fully saturated rings. The molecule has 35 heavy (non-hydrogen) atoms. The van der Waals surface area contributed by atoms with Gasteiger partial charge >= 0.3 is 0 Å². The number of unbranched alkanes of at least 4 members (excludes halogenated alkanes) is 2. The third kappa shape index (κ3) is 5.74. The summed E-state index contributed by atoms with van der Waals surface area (Å²) in [5, 5.41) is 21.5. The average molecular weight is 476 g/mol. The van der Waals surface area contributed by atoms with Gasteiger partial charge in [0, 0.05) is 12.2 Å². The van der Waals surface area contributed by atoms with Gasteiger partial charge in [0.15, 0.2) is 11.5 Å². The molecule has 0 radical (unpaired) electrons. The number of nitrogens with zero attached hydrogens (tertiary/aromatic N) is 3. The van der Waals surface area contributed by atoms with E-state index in [1.165, 1.54) is 16.7 Å². The Kier molecular flexibility index (Phi) is 8.21. The molecule has 1 aliphatic heterocycles. The number of pyridine rings is 1. The number of oxime groups is 1. The monoisotopic (exact) mass is 475 g/mol. The quantitative estimate of drug-likeness (QED) is 0.186. The van der Waals surface area contributed by atoms with Crippen molar-refractivity contribution in [3.63, 3.8) is 0 Å². The van der Waals surface area contributed by atoms with Gasteiger partial charge in [-0.15, -0.1) is 0 Å². The van der Waals surface area contributed by atoms with E-state index in [2.05, 4.69) is 57.5 Å². The van der Waals surface area contributed by atoms with E-state index in [-0.39, 0.29) is 17.5 Å². The van der Waals surface area contributed by atoms with Crippen LogP contribution in [0.25, 0.3) is 0 Å². The number of aromatic hydroxyl groups is 1. The highest BCUT2D eigenvalue weighted by Gasteiger charge is 2.30. The molecule has 0 aliphatic carbocycles. The van der Waals surface area contributed by atoms with Gasteiger partial charge in [0.05, 0.1) is 26.5 Å². The van der Waals surface area contributed by atoms with Crippen LogP contribution in [0.15, 0.2) is 59.8 Å². The molecule has 3 aromatic rings. The third-order valence-corrected chi connectivity index (χ3v) is 6.61. The van der Waals surface area contributed by atoms with Crippen molar-refractivity contribution < 1.29 is 19.8 Å². The lowest BCUT2D eigenvalue weighted by Gasteiger charge is -2.38. The molecule has 0 saturated heterocycles. The summed E-state index contributed by atoms with van der Waals surface area (Å²) in [6.45, 7) is 1.99. The number of methoxy groups -OCH3 is 2. The van der Waals surface area contributed by atoms with E-state index in [4.69, 9.17) is 14.7 Å². The summed E-state index contributed by atoms with van der Waals surface area (Å²) in [4.78, 5) is 6.93. The number of aryl methyl sites for hydroxylation is 1. The van der Waals surface area contributed by atoms with Gasteiger partial charge in [-0.1, -0.05) is 41.9 Å². The minimum absolute atomic E-state index is 0.0122. The average Bonchev–Trinajstić information content (AvgIpc) is 2.89. The van der Waals surface area contributed by atoms with Gasteiger partial charge in [0.1, 0.15) is 11.4 Å². The lowest BCUT2D eigenvalue weighted by Crippen LogP contribution is -2.36. The Morgan fingerprint density at radius 3 is 2.54 bits per heavy atom. The zero-order valence-electron chi connectivity index (χ0n) is 20.4. The van der Waals surface area contributed by atoms with Crippen molar-refractivity contribution in [3.05, 3.63) is 82.7 Å². The summed E-state index contributed by atoms with van der Waals surface area (Å²) in [7, 11) is 3.37. The fourth-order valence-corrected chi connectivity index (χ4v) is 4.86. The second-order valence-corrected chi connectivity index (χ2v) is 8.77. The van der Waals surface area contributed by atoms with Crippen LogP contribution in [0.4, 0.5) is 0 Å². The molecule has 1 unspecified atom stereocenters. The minimum Gasteiger partial charge on any atom is -0.506 e. The minimum atomic E-state index is 0.0122. The molecule has 1 aromatic heterocycles. The van der Waals surface area contributed by atoms with E-state index >= 15 is 0 Å². The molecule has 1 atom stereocenters. The number of rotatable bonds is 10. The molecule has 0 bridgehead atoms. The number of hydrogen-bond donors (Lipinski definition) is 2. The first-order valence-corrected chi connectivity index (χ1v) is 12.0. The zero-order valence-corrected chi connectivity index (χ0v) is 20.4. The van der Waals surface area contributed by atoms with Gasteiger partial charge < -0.3 is 19.8 Å². The van der Waals surface area contributed by atoms with Crippen molar-refractivity contribution in [2.75, 3.05) is 27.3 Å². The molecule has 4 rings (SSSR count). The van der Waals surface area contributed by atoms with Crippen molar-refractivity contribution in [2.24, 2.45) is 5.16 Å². The van der Waals surface area contributed by atoms with E-state index in [1.54, 1.807) is 20.3 Å². The maximum absolute atomic E-state index is 9.79. The van der Waals surface area contributed by atoms with E-state index in [0.717, 1.165) is 68.6 Å². The number of aromatic nitrogens is 1. The Labute approximate surface area is 206 Å². The van der Waals surface area contributed by atoms with Crippen LogP contribution in [-0.2, 0) is 12.8 Å². The first-order chi connectivity index (χ1) is 17.1. The van der Waals surface area contributed by atoms with Crippen LogP contribution < -0.4 is 9.47 Å². The summed E-state index contributed by atoms with van der Waals surface area (Å²) >= 11 is 0. The third-order valence-electron chi connectivity index (χ3n) is 6.61. The lowest BCUT2D eigenvalue weighted by atomic mass is 9.87. The highest BCUT2D eigenvalue weighted by molar-refractivity contribution is 5.80. The lowest BCUT2D eigenvalue weighted by molar-refractivity contribution is 0.207. The normalized spacial score (nSPS) is 15.8. The number of ether oxygens (including phenoxy) is 2. The van der Waals surface area contributed by atoms with Gasteiger partial charge in [0.25, 0.3) is 0 Å². The first kappa shape index (κ1) is 24.5. The van der Waals surface area contributed by atoms with Crippen LogP contribution in [0.5, 0.6) is 17.2 Å². The molecule has 2 aromatic carbocycles. The molecular weight excluding hydrogens is 442 g/mol. The predicted molar refractivity (Wildman–Crippen MR) is 136 cm³/mol. The molecule has 0 spiro atoms. The highest BCUT2D eigenvalue weighted by Crippen LogP contribution is 2.41. The zero-order chi connectivity index (χ0) is 24.6. The van der Waals surface area contributed by atoms with Crippen molar-refractivity contribution in [3.8, 4) is 17.2 Å². The molecule has 1 aliphatic rings. The summed E-state index contributed by atoms with van der Waals surface area (Å²) in [5.74, 6) is 1.56. The Morgan fingerprint density at radius 2 is 1.80 bits per heavy atom. The topological polar surface area (TPSA) is 87.4 Å². The standard InChI is InChI=1S/C28H33N3O4/c1-34-26-17-21-14-16-31(28(20-9-5-3-6-10-20)23(21)18-27(26)35-2)15-8-4-7-11-22-12-13-25(32)24(30-22)19-29-33/h3,5-6,9-10,12-13,17-19,28,32-33H,4,7-8,11,14-16H2,1-2H3. The molecule has 0 saturated carbocycles. The number of hydrogen-bond acceptors (Lipinski definition) is 7. The summed E-state index contributed by atoms with van der Waals surface area (Å²) < 4.78 is 11.2. The van der Waals surface area contributed by atoms with Gasteiger partial charge in [-0.3, -0.25) is 4.90 Å². The predicted octanol–water partition coefficient (Wildman–Crippen LogP) is 4.97. The number of benzene rings is 2. The Balaban J connectivity index is 1.43. The largest absolute Gasteiger partial charge is 0.506 e. The van der Waals surface area contributed by atoms with Gasteiger partial charge in [-0.05, 0) is 73.2 Å². The highest BCUT2D eigenvalue weighted by atomic mass is 16.5. The molecule has 2 N–H and O–H groups in total. The van der Waals surface area contributed by atoms with Crippen molar-refractivity contribution in [1.82, 2.24) is 9.88 Å². The summed E-state index contributed by atoms with van der Waals surface area (Å²) in [5.41, 5.74) is 5.05. The first-order valence-electron chi connectivity index (χ1n) is 12.0. The van der Waals surface area contributed by atoms with Gasteiger partial charge in [-0.25, -0.2) is 4.98 Å². The van der Waals surface area contributed by atoms with Gasteiger partial charge in [-0.2, -0.15) is 0 Å². The van der Waals surface area contributed by atoms with E-state index in [1.807, 2.05) is 6.07 Å². The van der Waals surface area contributed by atoms with Crippen molar-refractivity contribution in [2.45, 2.75) is 38.1 Å². The molecule has 184 valence electrons. The Morgan fingerprint density at radius 1 is 1.03 bits per heavy atom. The van der Waals surface area contributed by atoms with Crippen molar-refractivity contribution >= 4 is 6.21 Å². The maximum atomic E-state index is 9.79. The Hall–Kier alpha value is -3.58. The SMILES string of the molecule is COc1cc2c(cc1OC)C(c1ccccc1)N(CCCCCc1ccc(O)c(C=NO)n1)CC2. The van der Waals surface area contributed by atoms with E-state index in [0.29, 0.717) is 0 Å². The maximum Gasteiger partial charge on any atom is 0.161 e. The molecule has 7 nitrogen and oxygen atoms in total. The molecule has 0 amide bonds. The van der Waals surface area contributed by atoms with Crippen LogP contribution in [0.1, 0.15) is 53.4 Å². The molecule has 7 heteroatoms. The van der Waals surface area contributed by atoms with Crippen LogP contribution in [0, 0.1) is 0 Å². The van der Waals surface area contributed by atoms with E-state index < -0.39 is 0 Å².